The molecule has 0 aromatic carbocycles. The quantitative estimate of drug-likeness (QED) is 0.881. The van der Waals surface area contributed by atoms with Gasteiger partial charge >= 0.3 is 0 Å². The van der Waals surface area contributed by atoms with Crippen molar-refractivity contribution in [2.45, 2.75) is 25.3 Å². The Labute approximate surface area is 98.9 Å². The van der Waals surface area contributed by atoms with Crippen molar-refractivity contribution in [3.05, 3.63) is 28.6 Å². The molecule has 3 nitrogen and oxygen atoms in total. The number of thiophene rings is 1. The van der Waals surface area contributed by atoms with Crippen molar-refractivity contribution in [3.8, 4) is 11.3 Å². The average Bonchev–Trinajstić information content (AvgIpc) is 2.82. The van der Waals surface area contributed by atoms with Crippen LogP contribution in [0.1, 0.15) is 24.5 Å². The standard InChI is InChI=1S/C12H15N3S/c13-4-5-15-12(9-1-2-9)7-11(14-15)10-3-6-16-8-10/h3,6-9H,1-2,4-5,13H2. The maximum Gasteiger partial charge on any atom is 0.0934 e. The zero-order valence-corrected chi connectivity index (χ0v) is 9.91. The van der Waals surface area contributed by atoms with Crippen molar-refractivity contribution in [1.82, 2.24) is 9.78 Å². The third kappa shape index (κ3) is 1.79. The van der Waals surface area contributed by atoms with Gasteiger partial charge in [-0.2, -0.15) is 16.4 Å². The van der Waals surface area contributed by atoms with Crippen molar-refractivity contribution in [3.63, 3.8) is 0 Å². The van der Waals surface area contributed by atoms with Crippen LogP contribution in [0.5, 0.6) is 0 Å². The minimum Gasteiger partial charge on any atom is -0.329 e. The van der Waals surface area contributed by atoms with Gasteiger partial charge in [-0.1, -0.05) is 0 Å². The Balaban J connectivity index is 1.97. The van der Waals surface area contributed by atoms with Crippen LogP contribution in [0.3, 0.4) is 0 Å². The van der Waals surface area contributed by atoms with E-state index < -0.39 is 0 Å². The Bertz CT molecular complexity index is 468. The fourth-order valence-corrected chi connectivity index (χ4v) is 2.64. The Morgan fingerprint density at radius 3 is 3.00 bits per heavy atom. The number of aromatic nitrogens is 2. The SMILES string of the molecule is NCCn1nc(-c2ccsc2)cc1C1CC1. The van der Waals surface area contributed by atoms with Gasteiger partial charge < -0.3 is 5.73 Å². The Kier molecular flexibility index (Phi) is 2.53. The van der Waals surface area contributed by atoms with Crippen LogP contribution in [0, 0.1) is 0 Å². The summed E-state index contributed by atoms with van der Waals surface area (Å²) in [5.74, 6) is 0.728. The topological polar surface area (TPSA) is 43.8 Å². The van der Waals surface area contributed by atoms with Crippen LogP contribution in [0.2, 0.25) is 0 Å². The van der Waals surface area contributed by atoms with Crippen LogP contribution in [-0.2, 0) is 6.54 Å². The van der Waals surface area contributed by atoms with Gasteiger partial charge in [0.25, 0.3) is 0 Å². The molecule has 2 heterocycles. The minimum atomic E-state index is 0.657. The molecular weight excluding hydrogens is 218 g/mol. The molecule has 84 valence electrons. The molecule has 0 saturated heterocycles. The summed E-state index contributed by atoms with van der Waals surface area (Å²) in [6.45, 7) is 1.49. The van der Waals surface area contributed by atoms with E-state index in [-0.39, 0.29) is 0 Å². The smallest absolute Gasteiger partial charge is 0.0934 e. The molecule has 0 bridgehead atoms. The first-order valence-corrected chi connectivity index (χ1v) is 6.63. The predicted octanol–water partition coefficient (Wildman–Crippen LogP) is 2.45. The van der Waals surface area contributed by atoms with E-state index in [1.54, 1.807) is 11.3 Å². The number of rotatable bonds is 4. The fraction of sp³-hybridized carbons (Fsp3) is 0.417. The maximum atomic E-state index is 5.62. The molecule has 1 fully saturated rings. The molecule has 2 aromatic heterocycles. The fourth-order valence-electron chi connectivity index (χ4n) is 1.99. The van der Waals surface area contributed by atoms with E-state index in [1.165, 1.54) is 24.1 Å². The van der Waals surface area contributed by atoms with Gasteiger partial charge in [-0.25, -0.2) is 0 Å². The predicted molar refractivity (Wildman–Crippen MR) is 66.6 cm³/mol. The van der Waals surface area contributed by atoms with E-state index in [1.807, 2.05) is 0 Å². The average molecular weight is 233 g/mol. The number of hydrogen-bond acceptors (Lipinski definition) is 3. The van der Waals surface area contributed by atoms with Gasteiger partial charge in [0, 0.05) is 29.1 Å². The lowest BCUT2D eigenvalue weighted by molar-refractivity contribution is 0.596. The minimum absolute atomic E-state index is 0.657. The molecular formula is C12H15N3S. The summed E-state index contributed by atoms with van der Waals surface area (Å²) in [6.07, 6.45) is 2.61. The molecule has 0 spiro atoms. The van der Waals surface area contributed by atoms with Gasteiger partial charge in [0.2, 0.25) is 0 Å². The third-order valence-electron chi connectivity index (χ3n) is 2.96. The Morgan fingerprint density at radius 2 is 2.38 bits per heavy atom. The zero-order valence-electron chi connectivity index (χ0n) is 9.10. The molecule has 0 aliphatic heterocycles. The van der Waals surface area contributed by atoms with E-state index in [0.717, 1.165) is 18.2 Å². The van der Waals surface area contributed by atoms with Crippen molar-refractivity contribution in [2.75, 3.05) is 6.54 Å². The monoisotopic (exact) mass is 233 g/mol. The Morgan fingerprint density at radius 1 is 1.50 bits per heavy atom. The van der Waals surface area contributed by atoms with Crippen LogP contribution in [0.25, 0.3) is 11.3 Å². The molecule has 3 rings (SSSR count). The normalized spacial score (nSPS) is 15.6. The second-order valence-corrected chi connectivity index (χ2v) is 5.03. The van der Waals surface area contributed by atoms with Crippen molar-refractivity contribution in [1.29, 1.82) is 0 Å². The highest BCUT2D eigenvalue weighted by Gasteiger charge is 2.28. The first kappa shape index (κ1) is 10.1. The van der Waals surface area contributed by atoms with E-state index in [4.69, 9.17) is 5.73 Å². The zero-order chi connectivity index (χ0) is 11.0. The summed E-state index contributed by atoms with van der Waals surface area (Å²) in [4.78, 5) is 0. The highest BCUT2D eigenvalue weighted by Crippen LogP contribution is 2.41. The first-order chi connectivity index (χ1) is 7.88. The van der Waals surface area contributed by atoms with Crippen LogP contribution < -0.4 is 5.73 Å². The summed E-state index contributed by atoms with van der Waals surface area (Å²) in [7, 11) is 0. The molecule has 0 radical (unpaired) electrons. The van der Waals surface area contributed by atoms with Gasteiger partial charge in [0.05, 0.1) is 12.2 Å². The summed E-state index contributed by atoms with van der Waals surface area (Å²) in [6, 6.07) is 4.35. The summed E-state index contributed by atoms with van der Waals surface area (Å²) < 4.78 is 2.09. The summed E-state index contributed by atoms with van der Waals surface area (Å²) in [5, 5.41) is 8.88. The summed E-state index contributed by atoms with van der Waals surface area (Å²) in [5.41, 5.74) is 9.31. The molecule has 1 saturated carbocycles. The molecule has 1 aliphatic rings. The number of nitrogens with two attached hydrogens (primary N) is 1. The lowest BCUT2D eigenvalue weighted by atomic mass is 10.2. The van der Waals surface area contributed by atoms with Crippen LogP contribution in [0.4, 0.5) is 0 Å². The molecule has 16 heavy (non-hydrogen) atoms. The van der Waals surface area contributed by atoms with Gasteiger partial charge in [-0.15, -0.1) is 0 Å². The largest absolute Gasteiger partial charge is 0.329 e. The molecule has 2 aromatic rings. The number of nitrogens with zero attached hydrogens (tertiary/aromatic N) is 2. The summed E-state index contributed by atoms with van der Waals surface area (Å²) >= 11 is 1.71. The highest BCUT2D eigenvalue weighted by molar-refractivity contribution is 7.08. The molecule has 0 amide bonds. The molecule has 0 unspecified atom stereocenters. The van der Waals surface area contributed by atoms with Gasteiger partial charge in [-0.3, -0.25) is 4.68 Å². The van der Waals surface area contributed by atoms with Crippen LogP contribution in [0.15, 0.2) is 22.9 Å². The molecule has 4 heteroatoms. The van der Waals surface area contributed by atoms with Crippen LogP contribution >= 0.6 is 11.3 Å². The maximum absolute atomic E-state index is 5.62. The number of hydrogen-bond donors (Lipinski definition) is 1. The lowest BCUT2D eigenvalue weighted by Crippen LogP contribution is -2.13. The van der Waals surface area contributed by atoms with Gasteiger partial charge in [-0.05, 0) is 30.4 Å². The van der Waals surface area contributed by atoms with Crippen LogP contribution in [-0.4, -0.2) is 16.3 Å². The van der Waals surface area contributed by atoms with Crippen molar-refractivity contribution in [2.24, 2.45) is 5.73 Å². The van der Waals surface area contributed by atoms with Gasteiger partial charge in [0.15, 0.2) is 0 Å². The molecule has 1 aliphatic carbocycles. The third-order valence-corrected chi connectivity index (χ3v) is 3.65. The second-order valence-electron chi connectivity index (χ2n) is 4.25. The molecule has 0 atom stereocenters. The van der Waals surface area contributed by atoms with E-state index in [0.29, 0.717) is 6.54 Å². The molecule has 2 N–H and O–H groups in total. The first-order valence-electron chi connectivity index (χ1n) is 5.69. The van der Waals surface area contributed by atoms with Gasteiger partial charge in [0.1, 0.15) is 0 Å². The highest BCUT2D eigenvalue weighted by atomic mass is 32.1. The Hall–Kier alpha value is -1.13. The lowest BCUT2D eigenvalue weighted by Gasteiger charge is -2.03. The second kappa shape index (κ2) is 4.03. The van der Waals surface area contributed by atoms with Crippen molar-refractivity contribution < 1.29 is 0 Å². The van der Waals surface area contributed by atoms with E-state index in [9.17, 15) is 0 Å². The van der Waals surface area contributed by atoms with E-state index >= 15 is 0 Å². The van der Waals surface area contributed by atoms with E-state index in [2.05, 4.69) is 32.7 Å². The van der Waals surface area contributed by atoms with Crippen molar-refractivity contribution >= 4 is 11.3 Å².